The lowest BCUT2D eigenvalue weighted by Gasteiger charge is -2.35. The first-order chi connectivity index (χ1) is 9.74. The van der Waals surface area contributed by atoms with E-state index in [-0.39, 0.29) is 5.28 Å². The highest BCUT2D eigenvalue weighted by Gasteiger charge is 2.21. The molecule has 0 bridgehead atoms. The van der Waals surface area contributed by atoms with E-state index in [9.17, 15) is 0 Å². The van der Waals surface area contributed by atoms with Crippen LogP contribution < -0.4 is 9.80 Å². The van der Waals surface area contributed by atoms with Crippen molar-refractivity contribution in [3.8, 4) is 0 Å². The van der Waals surface area contributed by atoms with Gasteiger partial charge in [0.2, 0.25) is 11.2 Å². The van der Waals surface area contributed by atoms with Crippen LogP contribution in [0.25, 0.3) is 0 Å². The van der Waals surface area contributed by atoms with E-state index in [0.717, 1.165) is 42.4 Å². The van der Waals surface area contributed by atoms with Crippen LogP contribution in [0.1, 0.15) is 0 Å². The van der Waals surface area contributed by atoms with E-state index in [1.165, 1.54) is 0 Å². The van der Waals surface area contributed by atoms with Crippen LogP contribution in [0.5, 0.6) is 0 Å². The van der Waals surface area contributed by atoms with Gasteiger partial charge in [0.15, 0.2) is 0 Å². The summed E-state index contributed by atoms with van der Waals surface area (Å²) in [5, 5.41) is 0.261. The highest BCUT2D eigenvalue weighted by atomic mass is 79.9. The standard InChI is InChI=1S/C12H12BrClN6/c13-9-8-17-11(14)18-10(9)19-4-6-20(7-5-19)12-15-2-1-3-16-12/h1-3,8H,4-7H2. The third-order valence-corrected chi connectivity index (χ3v) is 3.85. The molecule has 1 saturated heterocycles. The van der Waals surface area contributed by atoms with Crippen molar-refractivity contribution in [2.75, 3.05) is 36.0 Å². The Balaban J connectivity index is 1.71. The summed E-state index contributed by atoms with van der Waals surface area (Å²) in [5.74, 6) is 1.60. The van der Waals surface area contributed by atoms with Gasteiger partial charge in [-0.3, -0.25) is 0 Å². The smallest absolute Gasteiger partial charge is 0.225 e. The summed E-state index contributed by atoms with van der Waals surface area (Å²) in [6.45, 7) is 3.37. The second kappa shape index (κ2) is 5.88. The fraction of sp³-hybridized carbons (Fsp3) is 0.333. The van der Waals surface area contributed by atoms with Gasteiger partial charge in [0.05, 0.1) is 4.47 Å². The normalized spacial score (nSPS) is 15.5. The number of aromatic nitrogens is 4. The van der Waals surface area contributed by atoms with Crippen molar-refractivity contribution >= 4 is 39.3 Å². The van der Waals surface area contributed by atoms with Gasteiger partial charge in [-0.15, -0.1) is 0 Å². The largest absolute Gasteiger partial charge is 0.352 e. The van der Waals surface area contributed by atoms with Crippen LogP contribution in [-0.4, -0.2) is 46.1 Å². The summed E-state index contributed by atoms with van der Waals surface area (Å²) in [7, 11) is 0. The van der Waals surface area contributed by atoms with E-state index >= 15 is 0 Å². The maximum absolute atomic E-state index is 5.86. The summed E-state index contributed by atoms with van der Waals surface area (Å²) in [6.07, 6.45) is 5.20. The molecule has 3 heterocycles. The summed E-state index contributed by atoms with van der Waals surface area (Å²) in [5.41, 5.74) is 0. The van der Waals surface area contributed by atoms with Crippen molar-refractivity contribution < 1.29 is 0 Å². The molecule has 0 atom stereocenters. The van der Waals surface area contributed by atoms with Crippen molar-refractivity contribution in [1.82, 2.24) is 19.9 Å². The molecule has 0 N–H and O–H groups in total. The molecule has 0 amide bonds. The quantitative estimate of drug-likeness (QED) is 0.768. The van der Waals surface area contributed by atoms with Crippen molar-refractivity contribution in [2.45, 2.75) is 0 Å². The third-order valence-electron chi connectivity index (χ3n) is 3.11. The molecule has 20 heavy (non-hydrogen) atoms. The van der Waals surface area contributed by atoms with Gasteiger partial charge in [-0.2, -0.15) is 4.98 Å². The van der Waals surface area contributed by atoms with Gasteiger partial charge in [-0.05, 0) is 33.6 Å². The number of anilines is 2. The topological polar surface area (TPSA) is 58.0 Å². The van der Waals surface area contributed by atoms with Gasteiger partial charge in [-0.1, -0.05) is 0 Å². The van der Waals surface area contributed by atoms with Crippen molar-refractivity contribution in [3.05, 3.63) is 34.4 Å². The first-order valence-corrected chi connectivity index (χ1v) is 7.36. The highest BCUT2D eigenvalue weighted by molar-refractivity contribution is 9.10. The Morgan fingerprint density at radius 3 is 2.35 bits per heavy atom. The molecule has 0 unspecified atom stereocenters. The van der Waals surface area contributed by atoms with Crippen LogP contribution in [0.3, 0.4) is 0 Å². The van der Waals surface area contributed by atoms with Gasteiger partial charge in [-0.25, -0.2) is 15.0 Å². The minimum Gasteiger partial charge on any atom is -0.352 e. The zero-order valence-electron chi connectivity index (χ0n) is 10.6. The Labute approximate surface area is 130 Å². The summed E-state index contributed by atoms with van der Waals surface area (Å²) < 4.78 is 0.853. The number of hydrogen-bond donors (Lipinski definition) is 0. The molecule has 1 aliphatic heterocycles. The van der Waals surface area contributed by atoms with Crippen LogP contribution in [0.4, 0.5) is 11.8 Å². The fourth-order valence-corrected chi connectivity index (χ4v) is 2.70. The van der Waals surface area contributed by atoms with Crippen LogP contribution in [0.2, 0.25) is 5.28 Å². The summed E-state index contributed by atoms with van der Waals surface area (Å²) in [6, 6.07) is 1.82. The van der Waals surface area contributed by atoms with Crippen molar-refractivity contribution in [1.29, 1.82) is 0 Å². The lowest BCUT2D eigenvalue weighted by atomic mass is 10.3. The number of nitrogens with zero attached hydrogens (tertiary/aromatic N) is 6. The molecule has 3 rings (SSSR count). The number of piperazine rings is 1. The Kier molecular flexibility index (Phi) is 3.98. The predicted molar refractivity (Wildman–Crippen MR) is 81.2 cm³/mol. The molecule has 104 valence electrons. The molecule has 2 aromatic rings. The van der Waals surface area contributed by atoms with E-state index in [1.807, 2.05) is 6.07 Å². The van der Waals surface area contributed by atoms with Gasteiger partial charge < -0.3 is 9.80 Å². The molecule has 2 aromatic heterocycles. The second-order valence-corrected chi connectivity index (χ2v) is 5.53. The summed E-state index contributed by atoms with van der Waals surface area (Å²) >= 11 is 9.32. The molecular formula is C12H12BrClN6. The van der Waals surface area contributed by atoms with Gasteiger partial charge in [0, 0.05) is 44.8 Å². The Bertz CT molecular complexity index is 588. The second-order valence-electron chi connectivity index (χ2n) is 4.33. The van der Waals surface area contributed by atoms with Crippen LogP contribution in [0.15, 0.2) is 29.1 Å². The van der Waals surface area contributed by atoms with E-state index in [2.05, 4.69) is 45.7 Å². The summed E-state index contributed by atoms with van der Waals surface area (Å²) in [4.78, 5) is 21.1. The molecule has 1 fully saturated rings. The first kappa shape index (κ1) is 13.5. The number of halogens is 2. The van der Waals surface area contributed by atoms with Gasteiger partial charge >= 0.3 is 0 Å². The fourth-order valence-electron chi connectivity index (χ4n) is 2.13. The van der Waals surface area contributed by atoms with E-state index < -0.39 is 0 Å². The molecule has 0 aromatic carbocycles. The van der Waals surface area contributed by atoms with Crippen molar-refractivity contribution in [3.63, 3.8) is 0 Å². The average molecular weight is 356 g/mol. The minimum absolute atomic E-state index is 0.261. The Hall–Kier alpha value is -1.47. The first-order valence-electron chi connectivity index (χ1n) is 6.19. The zero-order chi connectivity index (χ0) is 13.9. The SMILES string of the molecule is Clc1ncc(Br)c(N2CCN(c3ncccn3)CC2)n1. The van der Waals surface area contributed by atoms with E-state index in [0.29, 0.717) is 0 Å². The van der Waals surface area contributed by atoms with Crippen LogP contribution in [-0.2, 0) is 0 Å². The molecule has 0 aliphatic carbocycles. The van der Waals surface area contributed by atoms with Crippen LogP contribution in [0, 0.1) is 0 Å². The van der Waals surface area contributed by atoms with Crippen LogP contribution >= 0.6 is 27.5 Å². The van der Waals surface area contributed by atoms with Crippen molar-refractivity contribution in [2.24, 2.45) is 0 Å². The lowest BCUT2D eigenvalue weighted by Crippen LogP contribution is -2.47. The monoisotopic (exact) mass is 354 g/mol. The average Bonchev–Trinajstić information content (AvgIpc) is 2.51. The highest BCUT2D eigenvalue weighted by Crippen LogP contribution is 2.25. The van der Waals surface area contributed by atoms with Gasteiger partial charge in [0.1, 0.15) is 5.82 Å². The maximum atomic E-state index is 5.86. The molecule has 0 spiro atoms. The molecule has 8 heteroatoms. The minimum atomic E-state index is 0.261. The third kappa shape index (κ3) is 2.83. The molecule has 0 radical (unpaired) electrons. The lowest BCUT2D eigenvalue weighted by molar-refractivity contribution is 0.633. The van der Waals surface area contributed by atoms with E-state index in [4.69, 9.17) is 11.6 Å². The molecule has 0 saturated carbocycles. The maximum Gasteiger partial charge on any atom is 0.225 e. The molecular weight excluding hydrogens is 344 g/mol. The number of rotatable bonds is 2. The molecule has 1 aliphatic rings. The predicted octanol–water partition coefficient (Wildman–Crippen LogP) is 2.01. The zero-order valence-corrected chi connectivity index (χ0v) is 12.9. The Morgan fingerprint density at radius 1 is 1.00 bits per heavy atom. The molecule has 6 nitrogen and oxygen atoms in total. The van der Waals surface area contributed by atoms with Gasteiger partial charge in [0.25, 0.3) is 0 Å². The number of hydrogen-bond acceptors (Lipinski definition) is 6. The Morgan fingerprint density at radius 2 is 1.65 bits per heavy atom. The van der Waals surface area contributed by atoms with E-state index in [1.54, 1.807) is 18.6 Å².